The highest BCUT2D eigenvalue weighted by atomic mass is 35.5. The van der Waals surface area contributed by atoms with Crippen LogP contribution in [0.2, 0.25) is 5.02 Å². The summed E-state index contributed by atoms with van der Waals surface area (Å²) in [7, 11) is 0. The number of benzene rings is 2. The Morgan fingerprint density at radius 3 is 2.76 bits per heavy atom. The summed E-state index contributed by atoms with van der Waals surface area (Å²) in [6.07, 6.45) is 0. The van der Waals surface area contributed by atoms with E-state index in [0.717, 1.165) is 17.0 Å². The molecule has 2 rings (SSSR count). The van der Waals surface area contributed by atoms with Crippen molar-refractivity contribution in [1.29, 1.82) is 0 Å². The number of anilines is 2. The first-order valence-electron chi connectivity index (χ1n) is 8.19. The molecular formula is C19H23ClN2O3. The minimum absolute atomic E-state index is 0.145. The maximum atomic E-state index is 12.1. The van der Waals surface area contributed by atoms with Crippen molar-refractivity contribution in [3.63, 3.8) is 0 Å². The Labute approximate surface area is 153 Å². The van der Waals surface area contributed by atoms with Crippen molar-refractivity contribution in [2.24, 2.45) is 0 Å². The van der Waals surface area contributed by atoms with Gasteiger partial charge < -0.3 is 20.1 Å². The average Bonchev–Trinajstić information content (AvgIpc) is 2.61. The summed E-state index contributed by atoms with van der Waals surface area (Å²) in [4.78, 5) is 12.1. The third-order valence-electron chi connectivity index (χ3n) is 3.53. The van der Waals surface area contributed by atoms with Crippen LogP contribution in [-0.2, 0) is 9.53 Å². The number of hydrogen-bond donors (Lipinski definition) is 2. The van der Waals surface area contributed by atoms with Gasteiger partial charge in [-0.05, 0) is 43.7 Å². The molecule has 0 fully saturated rings. The number of halogens is 1. The van der Waals surface area contributed by atoms with Crippen molar-refractivity contribution in [2.75, 3.05) is 37.0 Å². The van der Waals surface area contributed by atoms with Gasteiger partial charge in [0.15, 0.2) is 0 Å². The summed E-state index contributed by atoms with van der Waals surface area (Å²) in [5.41, 5.74) is 2.38. The summed E-state index contributed by atoms with van der Waals surface area (Å²) in [6, 6.07) is 12.9. The van der Waals surface area contributed by atoms with Gasteiger partial charge in [0.05, 0.1) is 13.2 Å². The zero-order valence-corrected chi connectivity index (χ0v) is 15.2. The molecular weight excluding hydrogens is 340 g/mol. The van der Waals surface area contributed by atoms with E-state index in [0.29, 0.717) is 30.5 Å². The highest BCUT2D eigenvalue weighted by molar-refractivity contribution is 6.31. The van der Waals surface area contributed by atoms with Crippen LogP contribution in [0.15, 0.2) is 42.5 Å². The number of nitrogens with one attached hydrogen (secondary N) is 2. The minimum Gasteiger partial charge on any atom is -0.491 e. The van der Waals surface area contributed by atoms with Crippen LogP contribution in [0, 0.1) is 6.92 Å². The molecule has 5 nitrogen and oxygen atoms in total. The first kappa shape index (κ1) is 19.1. The number of ether oxygens (including phenoxy) is 2. The third kappa shape index (κ3) is 6.29. The largest absolute Gasteiger partial charge is 0.491 e. The Hall–Kier alpha value is -2.24. The lowest BCUT2D eigenvalue weighted by molar-refractivity contribution is -0.114. The molecule has 1 amide bonds. The van der Waals surface area contributed by atoms with E-state index in [9.17, 15) is 4.79 Å². The van der Waals surface area contributed by atoms with Crippen molar-refractivity contribution in [3.05, 3.63) is 53.1 Å². The van der Waals surface area contributed by atoms with E-state index < -0.39 is 0 Å². The first-order valence-corrected chi connectivity index (χ1v) is 8.57. The van der Waals surface area contributed by atoms with Gasteiger partial charge in [-0.15, -0.1) is 0 Å². The molecule has 0 aromatic heterocycles. The number of hydrogen-bond acceptors (Lipinski definition) is 4. The lowest BCUT2D eigenvalue weighted by Gasteiger charge is -2.12. The van der Waals surface area contributed by atoms with Crippen LogP contribution in [0.3, 0.4) is 0 Å². The molecule has 6 heteroatoms. The number of carbonyl (C=O) groups is 1. The van der Waals surface area contributed by atoms with Crippen LogP contribution in [-0.4, -0.2) is 32.3 Å². The average molecular weight is 363 g/mol. The van der Waals surface area contributed by atoms with E-state index in [1.807, 2.05) is 44.2 Å². The van der Waals surface area contributed by atoms with Crippen LogP contribution in [0.25, 0.3) is 0 Å². The highest BCUT2D eigenvalue weighted by Gasteiger charge is 2.07. The second kappa shape index (κ2) is 9.91. The molecule has 134 valence electrons. The van der Waals surface area contributed by atoms with Gasteiger partial charge >= 0.3 is 0 Å². The Balaban J connectivity index is 1.84. The molecule has 0 saturated heterocycles. The van der Waals surface area contributed by atoms with E-state index >= 15 is 0 Å². The summed E-state index contributed by atoms with van der Waals surface area (Å²) in [5, 5.41) is 6.56. The SMILES string of the molecule is CCOCCOc1cccc(NCC(=O)Nc2cccc(Cl)c2C)c1. The predicted octanol–water partition coefficient (Wildman–Crippen LogP) is 4.11. The summed E-state index contributed by atoms with van der Waals surface area (Å²) in [5.74, 6) is 0.587. The fourth-order valence-electron chi connectivity index (χ4n) is 2.18. The van der Waals surface area contributed by atoms with Gasteiger partial charge in [-0.2, -0.15) is 0 Å². The van der Waals surface area contributed by atoms with Gasteiger partial charge in [0.2, 0.25) is 5.91 Å². The van der Waals surface area contributed by atoms with Gasteiger partial charge in [-0.25, -0.2) is 0 Å². The van der Waals surface area contributed by atoms with Gasteiger partial charge in [0.1, 0.15) is 12.4 Å². The Morgan fingerprint density at radius 2 is 1.96 bits per heavy atom. The normalized spacial score (nSPS) is 10.4. The summed E-state index contributed by atoms with van der Waals surface area (Å²) < 4.78 is 10.8. The van der Waals surface area contributed by atoms with E-state index in [2.05, 4.69) is 10.6 Å². The Bertz CT molecular complexity index is 707. The number of amides is 1. The fourth-order valence-corrected chi connectivity index (χ4v) is 2.35. The topological polar surface area (TPSA) is 59.6 Å². The quantitative estimate of drug-likeness (QED) is 0.659. The maximum absolute atomic E-state index is 12.1. The monoisotopic (exact) mass is 362 g/mol. The molecule has 0 heterocycles. The molecule has 2 aromatic carbocycles. The zero-order valence-electron chi connectivity index (χ0n) is 14.5. The Kier molecular flexibility index (Phi) is 7.57. The molecule has 2 aromatic rings. The highest BCUT2D eigenvalue weighted by Crippen LogP contribution is 2.23. The second-order valence-corrected chi connectivity index (χ2v) is 5.79. The van der Waals surface area contributed by atoms with Crippen molar-refractivity contribution in [2.45, 2.75) is 13.8 Å². The predicted molar refractivity (Wildman–Crippen MR) is 102 cm³/mol. The minimum atomic E-state index is -0.145. The van der Waals surface area contributed by atoms with Crippen LogP contribution in [0.4, 0.5) is 11.4 Å². The third-order valence-corrected chi connectivity index (χ3v) is 3.94. The van der Waals surface area contributed by atoms with Gasteiger partial charge in [-0.3, -0.25) is 4.79 Å². The van der Waals surface area contributed by atoms with Crippen molar-refractivity contribution in [3.8, 4) is 5.75 Å². The van der Waals surface area contributed by atoms with Crippen LogP contribution in [0.1, 0.15) is 12.5 Å². The molecule has 0 unspecified atom stereocenters. The van der Waals surface area contributed by atoms with Crippen LogP contribution >= 0.6 is 11.6 Å². The lowest BCUT2D eigenvalue weighted by atomic mass is 10.2. The number of rotatable bonds is 9. The Morgan fingerprint density at radius 1 is 1.16 bits per heavy atom. The van der Waals surface area contributed by atoms with Crippen molar-refractivity contribution < 1.29 is 14.3 Å². The first-order chi connectivity index (χ1) is 12.1. The summed E-state index contributed by atoms with van der Waals surface area (Å²) >= 11 is 6.06. The molecule has 0 saturated carbocycles. The van der Waals surface area contributed by atoms with E-state index in [1.165, 1.54) is 0 Å². The molecule has 0 radical (unpaired) electrons. The number of carbonyl (C=O) groups excluding carboxylic acids is 1. The van der Waals surface area contributed by atoms with Crippen molar-refractivity contribution in [1.82, 2.24) is 0 Å². The maximum Gasteiger partial charge on any atom is 0.243 e. The van der Waals surface area contributed by atoms with Gasteiger partial charge in [0.25, 0.3) is 0 Å². The molecule has 0 spiro atoms. The smallest absolute Gasteiger partial charge is 0.243 e. The molecule has 0 aliphatic rings. The zero-order chi connectivity index (χ0) is 18.1. The van der Waals surface area contributed by atoms with Gasteiger partial charge in [0, 0.05) is 29.1 Å². The van der Waals surface area contributed by atoms with E-state index in [1.54, 1.807) is 12.1 Å². The molecule has 0 aliphatic carbocycles. The van der Waals surface area contributed by atoms with Crippen molar-refractivity contribution >= 4 is 28.9 Å². The van der Waals surface area contributed by atoms with E-state index in [-0.39, 0.29) is 12.5 Å². The standard InChI is InChI=1S/C19H23ClN2O3/c1-3-24-10-11-25-16-7-4-6-15(12-16)21-13-19(23)22-18-9-5-8-17(20)14(18)2/h4-9,12,21H,3,10-11,13H2,1-2H3,(H,22,23). The fraction of sp³-hybridized carbons (Fsp3) is 0.316. The second-order valence-electron chi connectivity index (χ2n) is 5.39. The lowest BCUT2D eigenvalue weighted by Crippen LogP contribution is -2.22. The molecule has 0 atom stereocenters. The van der Waals surface area contributed by atoms with Gasteiger partial charge in [-0.1, -0.05) is 23.7 Å². The molecule has 25 heavy (non-hydrogen) atoms. The van der Waals surface area contributed by atoms with Crippen LogP contribution < -0.4 is 15.4 Å². The summed E-state index contributed by atoms with van der Waals surface area (Å²) in [6.45, 7) is 5.68. The molecule has 0 bridgehead atoms. The van der Waals surface area contributed by atoms with Crippen LogP contribution in [0.5, 0.6) is 5.75 Å². The molecule has 2 N–H and O–H groups in total. The van der Waals surface area contributed by atoms with E-state index in [4.69, 9.17) is 21.1 Å². The molecule has 0 aliphatic heterocycles.